The third-order valence-corrected chi connectivity index (χ3v) is 9.49. The van der Waals surface area contributed by atoms with Crippen LogP contribution in [-0.4, -0.2) is 5.71 Å². The van der Waals surface area contributed by atoms with Gasteiger partial charge in [-0.2, -0.15) is 0 Å². The number of fused-ring (bicyclic) bond motifs is 8. The molecule has 2 aromatic heterocycles. The van der Waals surface area contributed by atoms with E-state index in [4.69, 9.17) is 9.41 Å². The Morgan fingerprint density at radius 1 is 0.595 bits per heavy atom. The summed E-state index contributed by atoms with van der Waals surface area (Å²) in [5, 5.41) is 9.74. The molecular weight excluding hydrogens is 532 g/mol. The van der Waals surface area contributed by atoms with Gasteiger partial charge >= 0.3 is 0 Å². The van der Waals surface area contributed by atoms with Gasteiger partial charge in [-0.1, -0.05) is 115 Å². The van der Waals surface area contributed by atoms with Gasteiger partial charge in [0, 0.05) is 32.0 Å². The Kier molecular flexibility index (Phi) is 5.13. The number of hydrogen-bond acceptors (Lipinski definition) is 4. The molecule has 1 aliphatic rings. The van der Waals surface area contributed by atoms with E-state index >= 15 is 0 Å². The smallest absolute Gasteiger partial charge is 0.145 e. The summed E-state index contributed by atoms with van der Waals surface area (Å²) in [6.45, 7) is 0. The second-order valence-electron chi connectivity index (χ2n) is 10.8. The molecular formula is C38H24N2OS. The Morgan fingerprint density at radius 2 is 1.33 bits per heavy atom. The molecule has 0 aliphatic carbocycles. The number of rotatable bonds is 3. The van der Waals surface area contributed by atoms with Crippen molar-refractivity contribution >= 4 is 65.5 Å². The third-order valence-electron chi connectivity index (χ3n) is 8.32. The molecule has 3 nitrogen and oxygen atoms in total. The quantitative estimate of drug-likeness (QED) is 0.235. The van der Waals surface area contributed by atoms with Crippen molar-refractivity contribution in [1.82, 2.24) is 0 Å². The monoisotopic (exact) mass is 556 g/mol. The van der Waals surface area contributed by atoms with Crippen LogP contribution in [0.15, 0.2) is 143 Å². The second-order valence-corrected chi connectivity index (χ2v) is 11.8. The third kappa shape index (κ3) is 3.62. The van der Waals surface area contributed by atoms with Crippen molar-refractivity contribution in [3.63, 3.8) is 0 Å². The number of benzene rings is 6. The molecule has 0 saturated carbocycles. The van der Waals surface area contributed by atoms with E-state index in [1.54, 1.807) is 11.3 Å². The van der Waals surface area contributed by atoms with Crippen molar-refractivity contribution < 1.29 is 4.42 Å². The molecule has 1 aliphatic heterocycles. The Labute approximate surface area is 246 Å². The molecule has 1 unspecified atom stereocenters. The molecule has 4 heteroatoms. The van der Waals surface area contributed by atoms with E-state index in [-0.39, 0.29) is 6.17 Å². The summed E-state index contributed by atoms with van der Waals surface area (Å²) in [4.78, 5) is 6.52. The summed E-state index contributed by atoms with van der Waals surface area (Å²) in [6.07, 6.45) is -0.242. The molecule has 9 rings (SSSR count). The number of thiophene rings is 1. The Hall–Kier alpha value is -5.19. The summed E-state index contributed by atoms with van der Waals surface area (Å²) in [5.41, 5.74) is 8.56. The highest BCUT2D eigenvalue weighted by Crippen LogP contribution is 2.44. The van der Waals surface area contributed by atoms with Crippen LogP contribution in [0.2, 0.25) is 0 Å². The summed E-state index contributed by atoms with van der Waals surface area (Å²) in [6, 6.07) is 47.1. The average Bonchev–Trinajstić information content (AvgIpc) is 3.63. The lowest BCUT2D eigenvalue weighted by Gasteiger charge is -2.24. The molecule has 3 heterocycles. The maximum absolute atomic E-state index is 6.41. The first-order valence-corrected chi connectivity index (χ1v) is 15.0. The van der Waals surface area contributed by atoms with E-state index < -0.39 is 0 Å². The number of nitrogens with zero attached hydrogens (tertiary/aromatic N) is 1. The first-order chi connectivity index (χ1) is 20.8. The van der Waals surface area contributed by atoms with E-state index in [1.807, 2.05) is 0 Å². The highest BCUT2D eigenvalue weighted by atomic mass is 32.1. The lowest BCUT2D eigenvalue weighted by molar-refractivity contribution is 0.667. The first-order valence-electron chi connectivity index (χ1n) is 14.2. The lowest BCUT2D eigenvalue weighted by atomic mass is 9.99. The van der Waals surface area contributed by atoms with Gasteiger partial charge < -0.3 is 9.73 Å². The fourth-order valence-electron chi connectivity index (χ4n) is 6.26. The van der Waals surface area contributed by atoms with E-state index in [1.165, 1.54) is 42.2 Å². The number of furan rings is 1. The molecule has 198 valence electrons. The fraction of sp³-hybridized carbons (Fsp3) is 0.0263. The van der Waals surface area contributed by atoms with E-state index in [0.29, 0.717) is 0 Å². The van der Waals surface area contributed by atoms with Crippen LogP contribution in [0.3, 0.4) is 0 Å². The number of anilines is 1. The van der Waals surface area contributed by atoms with Crippen LogP contribution in [0, 0.1) is 0 Å². The SMILES string of the molecule is c1ccc(-c2ccc(C3=NC(c4ccc5c(c4)oc4ccc6ccccc6c45)Nc4c3sc3ccccc43)cc2)cc1. The minimum Gasteiger partial charge on any atom is -0.456 e. The molecule has 0 spiro atoms. The molecule has 0 radical (unpaired) electrons. The van der Waals surface area contributed by atoms with Gasteiger partial charge in [-0.25, -0.2) is 0 Å². The van der Waals surface area contributed by atoms with Gasteiger partial charge in [0.05, 0.1) is 16.3 Å². The summed E-state index contributed by atoms with van der Waals surface area (Å²) in [5.74, 6) is 0. The molecule has 0 bridgehead atoms. The highest BCUT2D eigenvalue weighted by Gasteiger charge is 2.27. The summed E-state index contributed by atoms with van der Waals surface area (Å²) >= 11 is 1.80. The van der Waals surface area contributed by atoms with Gasteiger partial charge in [0.15, 0.2) is 0 Å². The topological polar surface area (TPSA) is 37.5 Å². The Balaban J connectivity index is 1.19. The van der Waals surface area contributed by atoms with Crippen molar-refractivity contribution in [3.8, 4) is 11.1 Å². The van der Waals surface area contributed by atoms with Crippen LogP contribution >= 0.6 is 11.3 Å². The zero-order valence-corrected chi connectivity index (χ0v) is 23.4. The number of nitrogens with one attached hydrogen (secondary N) is 1. The van der Waals surface area contributed by atoms with Gasteiger partial charge in [-0.15, -0.1) is 11.3 Å². The van der Waals surface area contributed by atoms with Gasteiger partial charge in [0.1, 0.15) is 17.3 Å². The molecule has 0 fully saturated rings. The zero-order chi connectivity index (χ0) is 27.6. The fourth-order valence-corrected chi connectivity index (χ4v) is 7.44. The van der Waals surface area contributed by atoms with Crippen molar-refractivity contribution in [2.75, 3.05) is 5.32 Å². The zero-order valence-electron chi connectivity index (χ0n) is 22.5. The minimum absolute atomic E-state index is 0.242. The standard InChI is InChI=1S/C38H24N2OS/c1-2-8-23(9-3-1)24-14-16-26(17-15-24)35-37-36(30-12-6-7-13-33(30)42-37)40-38(39-35)27-18-20-29-32(22-27)41-31-21-19-25-10-4-5-11-28(25)34(29)31/h1-22,38,40H. The van der Waals surface area contributed by atoms with Crippen LogP contribution in [0.5, 0.6) is 0 Å². The van der Waals surface area contributed by atoms with E-state index in [2.05, 4.69) is 139 Å². The van der Waals surface area contributed by atoms with Crippen molar-refractivity contribution in [1.29, 1.82) is 0 Å². The van der Waals surface area contributed by atoms with Gasteiger partial charge in [0.2, 0.25) is 0 Å². The number of hydrogen-bond donors (Lipinski definition) is 1. The predicted octanol–water partition coefficient (Wildman–Crippen LogP) is 10.6. The maximum Gasteiger partial charge on any atom is 0.145 e. The maximum atomic E-state index is 6.41. The summed E-state index contributed by atoms with van der Waals surface area (Å²) in [7, 11) is 0. The molecule has 6 aromatic carbocycles. The molecule has 1 atom stereocenters. The Bertz CT molecular complexity index is 2330. The van der Waals surface area contributed by atoms with Gasteiger partial charge in [-0.05, 0) is 40.1 Å². The molecule has 8 aromatic rings. The lowest BCUT2D eigenvalue weighted by Crippen LogP contribution is -2.19. The molecule has 42 heavy (non-hydrogen) atoms. The first kappa shape index (κ1) is 23.5. The highest BCUT2D eigenvalue weighted by molar-refractivity contribution is 7.22. The largest absolute Gasteiger partial charge is 0.456 e. The molecule has 1 N–H and O–H groups in total. The normalized spacial score (nSPS) is 14.8. The van der Waals surface area contributed by atoms with Crippen molar-refractivity contribution in [3.05, 3.63) is 149 Å². The van der Waals surface area contributed by atoms with Crippen LogP contribution in [-0.2, 0) is 0 Å². The van der Waals surface area contributed by atoms with Gasteiger partial charge in [-0.3, -0.25) is 4.99 Å². The number of aliphatic imine (C=N–C) groups is 1. The van der Waals surface area contributed by atoms with Crippen LogP contribution in [0.1, 0.15) is 22.2 Å². The van der Waals surface area contributed by atoms with E-state index in [9.17, 15) is 0 Å². The minimum atomic E-state index is -0.242. The summed E-state index contributed by atoms with van der Waals surface area (Å²) < 4.78 is 7.66. The predicted molar refractivity (Wildman–Crippen MR) is 177 cm³/mol. The van der Waals surface area contributed by atoms with Crippen LogP contribution in [0.25, 0.3) is 53.9 Å². The molecule has 0 amide bonds. The van der Waals surface area contributed by atoms with Gasteiger partial charge in [0.25, 0.3) is 0 Å². The van der Waals surface area contributed by atoms with E-state index in [0.717, 1.165) is 39.1 Å². The average molecular weight is 557 g/mol. The van der Waals surface area contributed by atoms with Crippen LogP contribution < -0.4 is 5.32 Å². The Morgan fingerprint density at radius 3 is 2.21 bits per heavy atom. The van der Waals surface area contributed by atoms with Crippen LogP contribution in [0.4, 0.5) is 5.69 Å². The second kappa shape index (κ2) is 9.16. The van der Waals surface area contributed by atoms with Crippen molar-refractivity contribution in [2.24, 2.45) is 4.99 Å². The molecule has 0 saturated heterocycles. The van der Waals surface area contributed by atoms with Crippen molar-refractivity contribution in [2.45, 2.75) is 6.17 Å².